The van der Waals surface area contributed by atoms with E-state index in [0.29, 0.717) is 5.71 Å². The van der Waals surface area contributed by atoms with Gasteiger partial charge in [-0.05, 0) is 12.5 Å². The number of aliphatic hydroxyl groups is 1. The summed E-state index contributed by atoms with van der Waals surface area (Å²) in [6.07, 6.45) is -0.809. The molecule has 5 nitrogen and oxygen atoms in total. The van der Waals surface area contributed by atoms with Crippen LogP contribution in [0.25, 0.3) is 0 Å². The number of nitrogens with zero attached hydrogens (tertiary/aromatic N) is 1. The van der Waals surface area contributed by atoms with Crippen molar-refractivity contribution < 1.29 is 19.5 Å². The molecule has 0 saturated heterocycles. The van der Waals surface area contributed by atoms with Gasteiger partial charge < -0.3 is 14.7 Å². The molecule has 96 valence electrons. The fourth-order valence-corrected chi connectivity index (χ4v) is 1.91. The average molecular weight is 249 g/mol. The van der Waals surface area contributed by atoms with Crippen molar-refractivity contribution in [3.05, 3.63) is 35.9 Å². The van der Waals surface area contributed by atoms with Gasteiger partial charge >= 0.3 is 5.97 Å². The first-order valence-electron chi connectivity index (χ1n) is 5.67. The van der Waals surface area contributed by atoms with Crippen molar-refractivity contribution in [1.82, 2.24) is 0 Å². The van der Waals surface area contributed by atoms with Crippen LogP contribution in [-0.4, -0.2) is 35.6 Å². The van der Waals surface area contributed by atoms with Gasteiger partial charge in [0.05, 0.1) is 19.2 Å². The van der Waals surface area contributed by atoms with Crippen LogP contribution in [0.15, 0.2) is 35.5 Å². The third-order valence-electron chi connectivity index (χ3n) is 3.06. The molecule has 2 atom stereocenters. The summed E-state index contributed by atoms with van der Waals surface area (Å²) in [5, 5.41) is 13.7. The molecule has 0 amide bonds. The number of methoxy groups -OCH3 is 1. The molecule has 0 aromatic heterocycles. The van der Waals surface area contributed by atoms with Gasteiger partial charge in [-0.3, -0.25) is 0 Å². The fourth-order valence-electron chi connectivity index (χ4n) is 1.91. The van der Waals surface area contributed by atoms with Crippen LogP contribution >= 0.6 is 0 Å². The maximum absolute atomic E-state index is 11.8. The predicted octanol–water partition coefficient (Wildman–Crippen LogP) is 1.10. The van der Waals surface area contributed by atoms with Crippen LogP contribution in [-0.2, 0) is 14.4 Å². The highest BCUT2D eigenvalue weighted by Gasteiger charge is 2.52. The van der Waals surface area contributed by atoms with Crippen molar-refractivity contribution in [2.24, 2.45) is 5.16 Å². The molecule has 0 fully saturated rings. The van der Waals surface area contributed by atoms with Crippen LogP contribution in [0, 0.1) is 0 Å². The summed E-state index contributed by atoms with van der Waals surface area (Å²) in [6, 6.07) is 9.38. The van der Waals surface area contributed by atoms with Crippen LogP contribution in [0.3, 0.4) is 0 Å². The number of esters is 1. The van der Waals surface area contributed by atoms with E-state index in [4.69, 9.17) is 4.84 Å². The Balaban J connectivity index is 2.25. The Morgan fingerprint density at radius 1 is 1.50 bits per heavy atom. The summed E-state index contributed by atoms with van der Waals surface area (Å²) in [4.78, 5) is 17.0. The first-order chi connectivity index (χ1) is 8.60. The zero-order valence-electron chi connectivity index (χ0n) is 10.3. The zero-order valence-corrected chi connectivity index (χ0v) is 10.3. The van der Waals surface area contributed by atoms with E-state index in [1.54, 1.807) is 0 Å². The molecule has 0 saturated carbocycles. The molecule has 1 aliphatic rings. The Hall–Kier alpha value is -1.88. The van der Waals surface area contributed by atoms with Gasteiger partial charge in [0.15, 0.2) is 0 Å². The highest BCUT2D eigenvalue weighted by Crippen LogP contribution is 2.31. The predicted molar refractivity (Wildman–Crippen MR) is 65.1 cm³/mol. The van der Waals surface area contributed by atoms with Crippen molar-refractivity contribution in [2.45, 2.75) is 25.0 Å². The molecule has 1 aromatic rings. The van der Waals surface area contributed by atoms with Gasteiger partial charge in [-0.25, -0.2) is 4.79 Å². The molecule has 1 aliphatic heterocycles. The molecule has 1 heterocycles. The van der Waals surface area contributed by atoms with Crippen molar-refractivity contribution in [3.63, 3.8) is 0 Å². The lowest BCUT2D eigenvalue weighted by atomic mass is 9.90. The second-order valence-electron chi connectivity index (χ2n) is 4.23. The average Bonchev–Trinajstić information content (AvgIpc) is 2.85. The summed E-state index contributed by atoms with van der Waals surface area (Å²) >= 11 is 0. The normalized spacial score (nSPS) is 24.1. The summed E-state index contributed by atoms with van der Waals surface area (Å²) in [5.41, 5.74) is 0.0609. The number of aliphatic hydroxyl groups excluding tert-OH is 1. The minimum absolute atomic E-state index is 0.196. The van der Waals surface area contributed by atoms with Crippen molar-refractivity contribution in [2.75, 3.05) is 7.11 Å². The van der Waals surface area contributed by atoms with Gasteiger partial charge in [0.25, 0.3) is 5.60 Å². The van der Waals surface area contributed by atoms with Crippen LogP contribution in [0.2, 0.25) is 0 Å². The topological polar surface area (TPSA) is 68.1 Å². The van der Waals surface area contributed by atoms with E-state index < -0.39 is 17.7 Å². The molecule has 0 spiro atoms. The van der Waals surface area contributed by atoms with Crippen molar-refractivity contribution >= 4 is 11.7 Å². The van der Waals surface area contributed by atoms with E-state index in [1.165, 1.54) is 14.0 Å². The van der Waals surface area contributed by atoms with Crippen molar-refractivity contribution in [1.29, 1.82) is 0 Å². The van der Waals surface area contributed by atoms with Gasteiger partial charge in [0.1, 0.15) is 6.10 Å². The molecule has 1 aromatic carbocycles. The molecule has 2 rings (SSSR count). The third-order valence-corrected chi connectivity index (χ3v) is 3.06. The van der Waals surface area contributed by atoms with Crippen LogP contribution in [0.1, 0.15) is 18.9 Å². The summed E-state index contributed by atoms with van der Waals surface area (Å²) < 4.78 is 4.69. The Morgan fingerprint density at radius 3 is 2.72 bits per heavy atom. The molecule has 1 N–H and O–H groups in total. The fraction of sp³-hybridized carbons (Fsp3) is 0.385. The molecule has 0 radical (unpaired) electrons. The number of carbonyl (C=O) groups is 1. The van der Waals surface area contributed by atoms with Gasteiger partial charge in [0, 0.05) is 0 Å². The second-order valence-corrected chi connectivity index (χ2v) is 4.23. The first kappa shape index (κ1) is 12.6. The summed E-state index contributed by atoms with van der Waals surface area (Å²) in [5.74, 6) is -0.618. The Labute approximate surface area is 105 Å². The number of benzene rings is 1. The molecular formula is C13H15NO4. The number of carbonyl (C=O) groups excluding carboxylic acids is 1. The number of oxime groups is 1. The lowest BCUT2D eigenvalue weighted by Gasteiger charge is -2.26. The quantitative estimate of drug-likeness (QED) is 0.815. The van der Waals surface area contributed by atoms with E-state index in [1.807, 2.05) is 30.3 Å². The standard InChI is InChI=1S/C13H15NO4/c1-9(15)13(12(16)17-2)8-11(14-18-13)10-6-4-3-5-7-10/h3-7,9,15H,8H2,1-2H3/t9-,13-/m0/s1. The number of hydrogen-bond acceptors (Lipinski definition) is 5. The summed E-state index contributed by atoms with van der Waals surface area (Å²) in [7, 11) is 1.26. The van der Waals surface area contributed by atoms with Crippen LogP contribution in [0.5, 0.6) is 0 Å². The number of rotatable bonds is 3. The molecule has 0 aliphatic carbocycles. The van der Waals surface area contributed by atoms with Gasteiger partial charge in [0.2, 0.25) is 0 Å². The minimum Gasteiger partial charge on any atom is -0.466 e. The SMILES string of the molecule is COC(=O)[C@@]1([C@H](C)O)CC(c2ccccc2)=NO1. The van der Waals surface area contributed by atoms with E-state index >= 15 is 0 Å². The van der Waals surface area contributed by atoms with E-state index in [9.17, 15) is 9.90 Å². The van der Waals surface area contributed by atoms with Gasteiger partial charge in [-0.15, -0.1) is 0 Å². The maximum atomic E-state index is 11.8. The van der Waals surface area contributed by atoms with E-state index in [-0.39, 0.29) is 6.42 Å². The maximum Gasteiger partial charge on any atom is 0.356 e. The van der Waals surface area contributed by atoms with Gasteiger partial charge in [-0.2, -0.15) is 0 Å². The van der Waals surface area contributed by atoms with Crippen molar-refractivity contribution in [3.8, 4) is 0 Å². The summed E-state index contributed by atoms with van der Waals surface area (Å²) in [6.45, 7) is 1.49. The smallest absolute Gasteiger partial charge is 0.356 e. The number of ether oxygens (including phenoxy) is 1. The lowest BCUT2D eigenvalue weighted by molar-refractivity contribution is -0.179. The molecule has 0 bridgehead atoms. The third kappa shape index (κ3) is 1.97. The number of hydrogen-bond donors (Lipinski definition) is 1. The molecule has 5 heteroatoms. The van der Waals surface area contributed by atoms with E-state index in [0.717, 1.165) is 5.56 Å². The molecule has 0 unspecified atom stereocenters. The van der Waals surface area contributed by atoms with E-state index in [2.05, 4.69) is 9.89 Å². The largest absolute Gasteiger partial charge is 0.466 e. The Bertz CT molecular complexity index is 469. The highest BCUT2D eigenvalue weighted by molar-refractivity contribution is 6.04. The first-order valence-corrected chi connectivity index (χ1v) is 5.67. The lowest BCUT2D eigenvalue weighted by Crippen LogP contribution is -2.49. The molecular weight excluding hydrogens is 234 g/mol. The van der Waals surface area contributed by atoms with Crippen LogP contribution < -0.4 is 0 Å². The minimum atomic E-state index is -1.43. The monoisotopic (exact) mass is 249 g/mol. The second kappa shape index (κ2) is 4.78. The molecule has 18 heavy (non-hydrogen) atoms. The Morgan fingerprint density at radius 2 is 2.17 bits per heavy atom. The highest BCUT2D eigenvalue weighted by atomic mass is 16.7. The van der Waals surface area contributed by atoms with Gasteiger partial charge in [-0.1, -0.05) is 35.5 Å². The Kier molecular flexibility index (Phi) is 3.34. The van der Waals surface area contributed by atoms with Crippen LogP contribution in [0.4, 0.5) is 0 Å². The zero-order chi connectivity index (χ0) is 13.2.